The lowest BCUT2D eigenvalue weighted by atomic mass is 9.95. The zero-order valence-corrected chi connectivity index (χ0v) is 11.3. The van der Waals surface area contributed by atoms with Gasteiger partial charge in [0.1, 0.15) is 0 Å². The summed E-state index contributed by atoms with van der Waals surface area (Å²) in [7, 11) is 0. The lowest BCUT2D eigenvalue weighted by Crippen LogP contribution is -2.55. The van der Waals surface area contributed by atoms with Crippen LogP contribution in [0, 0.1) is 5.92 Å². The third-order valence-corrected chi connectivity index (χ3v) is 2.48. The smallest absolute Gasteiger partial charge is 0.242 e. The second-order valence-electron chi connectivity index (χ2n) is 5.21. The van der Waals surface area contributed by atoms with E-state index in [1.807, 2.05) is 20.8 Å². The highest BCUT2D eigenvalue weighted by molar-refractivity contribution is 5.89. The van der Waals surface area contributed by atoms with Crippen molar-refractivity contribution in [2.75, 3.05) is 13.1 Å². The number of nitrogens with zero attached hydrogens (tertiary/aromatic N) is 1. The number of primary amides is 1. The Kier molecular flexibility index (Phi) is 6.16. The van der Waals surface area contributed by atoms with Gasteiger partial charge in [-0.1, -0.05) is 27.2 Å². The van der Waals surface area contributed by atoms with Gasteiger partial charge in [-0.25, -0.2) is 0 Å². The molecule has 5 heteroatoms. The fourth-order valence-corrected chi connectivity index (χ4v) is 1.84. The molecule has 5 nitrogen and oxygen atoms in total. The number of carbonyl (C=O) groups excluding carboxylic acids is 2. The van der Waals surface area contributed by atoms with Crippen LogP contribution in [0.15, 0.2) is 0 Å². The molecule has 4 N–H and O–H groups in total. The van der Waals surface area contributed by atoms with Crippen molar-refractivity contribution in [1.82, 2.24) is 4.90 Å². The summed E-state index contributed by atoms with van der Waals surface area (Å²) in [5.41, 5.74) is 10.2. The molecule has 0 spiro atoms. The maximum Gasteiger partial charge on any atom is 0.242 e. The van der Waals surface area contributed by atoms with Gasteiger partial charge in [-0.05, 0) is 19.3 Å². The first kappa shape index (κ1) is 15.9. The van der Waals surface area contributed by atoms with Crippen LogP contribution in [0.4, 0.5) is 0 Å². The van der Waals surface area contributed by atoms with E-state index in [9.17, 15) is 9.59 Å². The fraction of sp³-hybridized carbons (Fsp3) is 0.833. The van der Waals surface area contributed by atoms with Gasteiger partial charge >= 0.3 is 0 Å². The van der Waals surface area contributed by atoms with E-state index in [2.05, 4.69) is 0 Å². The topological polar surface area (TPSA) is 89.4 Å². The van der Waals surface area contributed by atoms with Crippen LogP contribution in [0.5, 0.6) is 0 Å². The Morgan fingerprint density at radius 1 is 1.35 bits per heavy atom. The number of rotatable bonds is 7. The number of hydrogen-bond acceptors (Lipinski definition) is 3. The number of nitrogens with two attached hydrogens (primary N) is 2. The predicted molar refractivity (Wildman–Crippen MR) is 68.1 cm³/mol. The summed E-state index contributed by atoms with van der Waals surface area (Å²) in [6.07, 6.45) is 1.42. The van der Waals surface area contributed by atoms with Gasteiger partial charge in [0.15, 0.2) is 0 Å². The summed E-state index contributed by atoms with van der Waals surface area (Å²) < 4.78 is 0. The maximum atomic E-state index is 12.2. The number of hydrogen-bond donors (Lipinski definition) is 2. The van der Waals surface area contributed by atoms with Gasteiger partial charge < -0.3 is 16.4 Å². The fourth-order valence-electron chi connectivity index (χ4n) is 1.84. The highest BCUT2D eigenvalue weighted by Crippen LogP contribution is 2.14. The molecular formula is C12H25N3O2. The zero-order chi connectivity index (χ0) is 13.6. The standard InChI is InChI=1S/C12H25N3O2/c1-5-6-12(4,14)11(17)15(7-9(2)3)8-10(13)16/h9H,5-8,14H2,1-4H3,(H2,13,16). The molecule has 17 heavy (non-hydrogen) atoms. The highest BCUT2D eigenvalue weighted by Gasteiger charge is 2.32. The second-order valence-corrected chi connectivity index (χ2v) is 5.21. The third-order valence-electron chi connectivity index (χ3n) is 2.48. The van der Waals surface area contributed by atoms with Crippen molar-refractivity contribution >= 4 is 11.8 Å². The molecule has 1 unspecified atom stereocenters. The van der Waals surface area contributed by atoms with Gasteiger partial charge in [0.25, 0.3) is 0 Å². The van der Waals surface area contributed by atoms with Crippen molar-refractivity contribution in [2.45, 2.75) is 46.1 Å². The number of amides is 2. The van der Waals surface area contributed by atoms with E-state index in [1.165, 1.54) is 4.90 Å². The van der Waals surface area contributed by atoms with E-state index in [1.54, 1.807) is 6.92 Å². The zero-order valence-electron chi connectivity index (χ0n) is 11.3. The Bertz CT molecular complexity index is 275. The average Bonchev–Trinajstić information content (AvgIpc) is 2.13. The van der Waals surface area contributed by atoms with Gasteiger partial charge in [0.05, 0.1) is 12.1 Å². The van der Waals surface area contributed by atoms with E-state index in [0.717, 1.165) is 6.42 Å². The molecule has 0 radical (unpaired) electrons. The van der Waals surface area contributed by atoms with Gasteiger partial charge in [-0.15, -0.1) is 0 Å². The third kappa shape index (κ3) is 5.68. The van der Waals surface area contributed by atoms with Crippen molar-refractivity contribution in [1.29, 1.82) is 0 Å². The molecule has 0 aromatic carbocycles. The minimum absolute atomic E-state index is 0.0620. The van der Waals surface area contributed by atoms with Crippen LogP contribution in [0.1, 0.15) is 40.5 Å². The molecule has 0 heterocycles. The second kappa shape index (κ2) is 6.59. The van der Waals surface area contributed by atoms with E-state index in [0.29, 0.717) is 13.0 Å². The first-order valence-corrected chi connectivity index (χ1v) is 6.07. The van der Waals surface area contributed by atoms with Crippen LogP contribution in [-0.2, 0) is 9.59 Å². The molecule has 2 amide bonds. The van der Waals surface area contributed by atoms with E-state index in [4.69, 9.17) is 11.5 Å². The Balaban J connectivity index is 4.78. The van der Waals surface area contributed by atoms with Crippen LogP contribution < -0.4 is 11.5 Å². The van der Waals surface area contributed by atoms with Crippen molar-refractivity contribution in [3.63, 3.8) is 0 Å². The van der Waals surface area contributed by atoms with Crippen LogP contribution in [0.3, 0.4) is 0 Å². The largest absolute Gasteiger partial charge is 0.368 e. The molecule has 0 aromatic rings. The SMILES string of the molecule is CCCC(C)(N)C(=O)N(CC(N)=O)CC(C)C. The van der Waals surface area contributed by atoms with E-state index in [-0.39, 0.29) is 18.4 Å². The summed E-state index contributed by atoms with van der Waals surface area (Å²) in [6, 6.07) is 0. The first-order chi connectivity index (χ1) is 7.70. The Hall–Kier alpha value is -1.10. The maximum absolute atomic E-state index is 12.2. The van der Waals surface area contributed by atoms with Crippen LogP contribution >= 0.6 is 0 Å². The van der Waals surface area contributed by atoms with Gasteiger partial charge in [-0.2, -0.15) is 0 Å². The summed E-state index contributed by atoms with van der Waals surface area (Å²) in [4.78, 5) is 24.6. The summed E-state index contributed by atoms with van der Waals surface area (Å²) in [6.45, 7) is 8.07. The molecule has 100 valence electrons. The van der Waals surface area contributed by atoms with Crippen LogP contribution in [0.2, 0.25) is 0 Å². The average molecular weight is 243 g/mol. The van der Waals surface area contributed by atoms with Crippen molar-refractivity contribution in [2.24, 2.45) is 17.4 Å². The molecule has 0 aliphatic heterocycles. The van der Waals surface area contributed by atoms with Crippen molar-refractivity contribution in [3.8, 4) is 0 Å². The highest BCUT2D eigenvalue weighted by atomic mass is 16.2. The van der Waals surface area contributed by atoms with E-state index < -0.39 is 11.4 Å². The van der Waals surface area contributed by atoms with Crippen molar-refractivity contribution in [3.05, 3.63) is 0 Å². The number of carbonyl (C=O) groups is 2. The Labute approximate surface area is 104 Å². The molecule has 0 bridgehead atoms. The predicted octanol–water partition coefficient (Wildman–Crippen LogP) is 0.474. The lowest BCUT2D eigenvalue weighted by molar-refractivity contribution is -0.140. The molecule has 1 atom stereocenters. The molecule has 0 aromatic heterocycles. The van der Waals surface area contributed by atoms with Gasteiger partial charge in [0, 0.05) is 6.54 Å². The van der Waals surface area contributed by atoms with Gasteiger partial charge in [0.2, 0.25) is 11.8 Å². The summed E-state index contributed by atoms with van der Waals surface area (Å²) >= 11 is 0. The molecule has 0 aliphatic carbocycles. The molecular weight excluding hydrogens is 218 g/mol. The first-order valence-electron chi connectivity index (χ1n) is 6.07. The minimum Gasteiger partial charge on any atom is -0.368 e. The Morgan fingerprint density at radius 2 is 1.88 bits per heavy atom. The van der Waals surface area contributed by atoms with Gasteiger partial charge in [-0.3, -0.25) is 9.59 Å². The molecule has 0 aliphatic rings. The molecule has 0 saturated heterocycles. The molecule has 0 fully saturated rings. The minimum atomic E-state index is -0.918. The van der Waals surface area contributed by atoms with Crippen LogP contribution in [-0.4, -0.2) is 35.3 Å². The van der Waals surface area contributed by atoms with Crippen molar-refractivity contribution < 1.29 is 9.59 Å². The van der Waals surface area contributed by atoms with E-state index >= 15 is 0 Å². The molecule has 0 rings (SSSR count). The van der Waals surface area contributed by atoms with Crippen LogP contribution in [0.25, 0.3) is 0 Å². The summed E-state index contributed by atoms with van der Waals surface area (Å²) in [5.74, 6) is -0.436. The monoisotopic (exact) mass is 243 g/mol. The lowest BCUT2D eigenvalue weighted by Gasteiger charge is -2.32. The Morgan fingerprint density at radius 3 is 2.24 bits per heavy atom. The molecule has 0 saturated carbocycles. The quantitative estimate of drug-likeness (QED) is 0.681. The summed E-state index contributed by atoms with van der Waals surface area (Å²) in [5, 5.41) is 0. The normalized spacial score (nSPS) is 14.5.